The fraction of sp³-hybridized carbons (Fsp3) is 1.00. The minimum atomic E-state index is -1.14. The second-order valence-corrected chi connectivity index (χ2v) is 15.3. The molecule has 4 nitrogen and oxygen atoms in total. The van der Waals surface area contributed by atoms with E-state index in [4.69, 9.17) is 0 Å². The van der Waals surface area contributed by atoms with Gasteiger partial charge in [-0.3, -0.25) is 0 Å². The first kappa shape index (κ1) is 26.9. The molecule has 10 atom stereocenters. The van der Waals surface area contributed by atoms with E-state index in [-0.39, 0.29) is 28.3 Å². The Morgan fingerprint density at radius 1 is 0.794 bits per heavy atom. The summed E-state index contributed by atoms with van der Waals surface area (Å²) < 4.78 is 0. The van der Waals surface area contributed by atoms with E-state index in [0.717, 1.165) is 25.7 Å². The van der Waals surface area contributed by atoms with Crippen molar-refractivity contribution in [2.45, 2.75) is 143 Å². The van der Waals surface area contributed by atoms with Crippen LogP contribution in [0.4, 0.5) is 0 Å². The van der Waals surface area contributed by atoms with E-state index in [1.807, 2.05) is 6.92 Å². The van der Waals surface area contributed by atoms with Gasteiger partial charge in [0, 0.05) is 0 Å². The topological polar surface area (TPSA) is 80.9 Å². The molecule has 4 saturated carbocycles. The van der Waals surface area contributed by atoms with Crippen LogP contribution in [0, 0.1) is 45.3 Å². The highest BCUT2D eigenvalue weighted by Crippen LogP contribution is 2.75. The number of fused-ring (bicyclic) bond motifs is 5. The summed E-state index contributed by atoms with van der Waals surface area (Å²) in [5, 5.41) is 43.2. The molecule has 4 rings (SSSR count). The molecule has 4 aliphatic rings. The lowest BCUT2D eigenvalue weighted by Gasteiger charge is -2.67. The second kappa shape index (κ2) is 8.17. The van der Waals surface area contributed by atoms with Gasteiger partial charge in [-0.1, -0.05) is 34.6 Å². The molecule has 0 aromatic carbocycles. The van der Waals surface area contributed by atoms with Crippen LogP contribution < -0.4 is 0 Å². The Labute approximate surface area is 208 Å². The monoisotopic (exact) mass is 478 g/mol. The predicted octanol–water partition coefficient (Wildman–Crippen LogP) is 5.70. The minimum absolute atomic E-state index is 0.0111. The van der Waals surface area contributed by atoms with E-state index >= 15 is 0 Å². The van der Waals surface area contributed by atoms with Gasteiger partial charge in [0.1, 0.15) is 0 Å². The molecule has 34 heavy (non-hydrogen) atoms. The summed E-state index contributed by atoms with van der Waals surface area (Å²) in [5.74, 6) is 2.19. The Kier molecular flexibility index (Phi) is 6.46. The Bertz CT molecular complexity index is 768. The molecule has 4 heteroatoms. The molecule has 0 spiro atoms. The van der Waals surface area contributed by atoms with E-state index in [9.17, 15) is 20.4 Å². The van der Waals surface area contributed by atoms with Gasteiger partial charge in [-0.15, -0.1) is 0 Å². The predicted molar refractivity (Wildman–Crippen MR) is 137 cm³/mol. The van der Waals surface area contributed by atoms with Crippen molar-refractivity contribution in [3.8, 4) is 0 Å². The largest absolute Gasteiger partial charge is 0.393 e. The zero-order valence-corrected chi connectivity index (χ0v) is 23.3. The smallest absolute Gasteiger partial charge is 0.0849 e. The number of hydrogen-bond acceptors (Lipinski definition) is 4. The van der Waals surface area contributed by atoms with Gasteiger partial charge < -0.3 is 20.4 Å². The van der Waals surface area contributed by atoms with Crippen LogP contribution in [0.1, 0.15) is 120 Å². The summed E-state index contributed by atoms with van der Waals surface area (Å²) in [6.07, 6.45) is 9.08. The quantitative estimate of drug-likeness (QED) is 0.409. The third-order valence-electron chi connectivity index (χ3n) is 12.9. The first-order valence-corrected chi connectivity index (χ1v) is 14.2. The molecule has 10 unspecified atom stereocenters. The number of aliphatic hydroxyl groups excluding tert-OH is 2. The Morgan fingerprint density at radius 2 is 1.41 bits per heavy atom. The summed E-state index contributed by atoms with van der Waals surface area (Å²) in [7, 11) is 0. The van der Waals surface area contributed by atoms with Gasteiger partial charge in [0.15, 0.2) is 0 Å². The number of aliphatic hydroxyl groups is 4. The van der Waals surface area contributed by atoms with Gasteiger partial charge in [0.05, 0.1) is 23.4 Å². The average Bonchev–Trinajstić information content (AvgIpc) is 3.01. The van der Waals surface area contributed by atoms with Crippen molar-refractivity contribution in [3.05, 3.63) is 0 Å². The van der Waals surface area contributed by atoms with Crippen LogP contribution in [0.3, 0.4) is 0 Å². The van der Waals surface area contributed by atoms with Gasteiger partial charge in [0.25, 0.3) is 0 Å². The summed E-state index contributed by atoms with van der Waals surface area (Å²) in [4.78, 5) is 0. The van der Waals surface area contributed by atoms with Crippen molar-refractivity contribution >= 4 is 0 Å². The van der Waals surface area contributed by atoms with Crippen molar-refractivity contribution < 1.29 is 20.4 Å². The fourth-order valence-corrected chi connectivity index (χ4v) is 10.4. The zero-order valence-electron chi connectivity index (χ0n) is 23.3. The number of rotatable bonds is 5. The maximum Gasteiger partial charge on any atom is 0.0849 e. The molecule has 0 amide bonds. The fourth-order valence-electron chi connectivity index (χ4n) is 10.4. The second-order valence-electron chi connectivity index (χ2n) is 15.3. The van der Waals surface area contributed by atoms with Crippen molar-refractivity contribution in [1.82, 2.24) is 0 Å². The van der Waals surface area contributed by atoms with Gasteiger partial charge in [-0.25, -0.2) is 0 Å². The van der Waals surface area contributed by atoms with Gasteiger partial charge in [-0.05, 0) is 130 Å². The summed E-state index contributed by atoms with van der Waals surface area (Å²) in [6, 6.07) is 0. The average molecular weight is 479 g/mol. The molecular weight excluding hydrogens is 424 g/mol. The molecule has 198 valence electrons. The van der Waals surface area contributed by atoms with E-state index < -0.39 is 17.3 Å². The normalized spacial score (nSPS) is 48.9. The molecule has 0 radical (unpaired) electrons. The molecular formula is C30H54O4. The van der Waals surface area contributed by atoms with Crippen LogP contribution >= 0.6 is 0 Å². The van der Waals surface area contributed by atoms with Crippen LogP contribution in [-0.4, -0.2) is 43.8 Å². The van der Waals surface area contributed by atoms with Crippen LogP contribution in [0.5, 0.6) is 0 Å². The number of hydrogen-bond donors (Lipinski definition) is 4. The first-order valence-electron chi connectivity index (χ1n) is 14.2. The van der Waals surface area contributed by atoms with Crippen LogP contribution in [0.25, 0.3) is 0 Å². The molecule has 0 saturated heterocycles. The third-order valence-corrected chi connectivity index (χ3v) is 12.9. The first-order chi connectivity index (χ1) is 15.4. The van der Waals surface area contributed by atoms with E-state index in [0.29, 0.717) is 36.0 Å². The standard InChI is InChI=1S/C30H54O4/c1-25(2)21-10-9-20-19(27(21,5)15-13-23(25)31)11-16-29(7)22(12-17-28(20,29)6)30(8,34)18-14-24(32)26(3,4)33/h19-24,31-34H,9-18H2,1-8H3. The third kappa shape index (κ3) is 3.75. The zero-order chi connectivity index (χ0) is 25.5. The van der Waals surface area contributed by atoms with Crippen molar-refractivity contribution in [3.63, 3.8) is 0 Å². The maximum atomic E-state index is 11.8. The van der Waals surface area contributed by atoms with Gasteiger partial charge in [-0.2, -0.15) is 0 Å². The van der Waals surface area contributed by atoms with Crippen LogP contribution in [0.15, 0.2) is 0 Å². The highest BCUT2D eigenvalue weighted by molar-refractivity contribution is 5.17. The van der Waals surface area contributed by atoms with E-state index in [2.05, 4.69) is 34.6 Å². The lowest BCUT2D eigenvalue weighted by molar-refractivity contribution is -0.207. The Hall–Kier alpha value is -0.160. The van der Waals surface area contributed by atoms with Gasteiger partial charge >= 0.3 is 0 Å². The summed E-state index contributed by atoms with van der Waals surface area (Å²) in [6.45, 7) is 17.4. The van der Waals surface area contributed by atoms with Crippen LogP contribution in [0.2, 0.25) is 0 Å². The lowest BCUT2D eigenvalue weighted by atomic mass is 9.38. The Balaban J connectivity index is 1.58. The highest BCUT2D eigenvalue weighted by Gasteiger charge is 2.68. The molecule has 4 fully saturated rings. The van der Waals surface area contributed by atoms with Crippen molar-refractivity contribution in [2.24, 2.45) is 45.3 Å². The summed E-state index contributed by atoms with van der Waals surface area (Å²) >= 11 is 0. The SMILES string of the molecule is CC(C)(O)C(O)CCC(C)(O)C1CCC2(C)C3CCC4C(C)(C)C(O)CCC4(C)C3CCC12C. The molecule has 0 aliphatic heterocycles. The minimum Gasteiger partial charge on any atom is -0.393 e. The van der Waals surface area contributed by atoms with E-state index in [1.54, 1.807) is 13.8 Å². The van der Waals surface area contributed by atoms with Crippen LogP contribution in [-0.2, 0) is 0 Å². The van der Waals surface area contributed by atoms with Crippen molar-refractivity contribution in [2.75, 3.05) is 0 Å². The molecule has 4 aliphatic carbocycles. The Morgan fingerprint density at radius 3 is 2.03 bits per heavy atom. The molecule has 0 bridgehead atoms. The van der Waals surface area contributed by atoms with E-state index in [1.165, 1.54) is 25.7 Å². The molecule has 4 N–H and O–H groups in total. The molecule has 0 aromatic heterocycles. The lowest BCUT2D eigenvalue weighted by Crippen LogP contribution is -2.62. The summed E-state index contributed by atoms with van der Waals surface area (Å²) in [5.41, 5.74) is -1.39. The maximum absolute atomic E-state index is 11.8. The van der Waals surface area contributed by atoms with Crippen molar-refractivity contribution in [1.29, 1.82) is 0 Å². The van der Waals surface area contributed by atoms with Gasteiger partial charge in [0.2, 0.25) is 0 Å². The highest BCUT2D eigenvalue weighted by atomic mass is 16.3. The molecule has 0 heterocycles. The molecule has 0 aromatic rings.